The third kappa shape index (κ3) is 4.68. The zero-order valence-corrected chi connectivity index (χ0v) is 18.0. The van der Waals surface area contributed by atoms with Crippen LogP contribution in [0.3, 0.4) is 0 Å². The molecule has 7 nitrogen and oxygen atoms in total. The molecule has 0 spiro atoms. The number of aromatic nitrogens is 2. The Balaban J connectivity index is 1.72. The number of carbonyl (C=O) groups excluding carboxylic acids is 1. The van der Waals surface area contributed by atoms with Crippen LogP contribution in [0, 0.1) is 5.82 Å². The average Bonchev–Trinajstić information content (AvgIpc) is 3.08. The Morgan fingerprint density at radius 1 is 1.17 bits per heavy atom. The van der Waals surface area contributed by atoms with E-state index in [0.29, 0.717) is 25.0 Å². The molecule has 2 aromatic carbocycles. The van der Waals surface area contributed by atoms with Crippen LogP contribution in [0.25, 0.3) is 11.0 Å². The Kier molecular flexibility index (Phi) is 6.52. The second-order valence-corrected chi connectivity index (χ2v) is 9.27. The second kappa shape index (κ2) is 8.93. The van der Waals surface area contributed by atoms with Crippen molar-refractivity contribution < 1.29 is 17.6 Å². The number of aryl methyl sites for hydroxylation is 2. The summed E-state index contributed by atoms with van der Waals surface area (Å²) >= 11 is 0. The van der Waals surface area contributed by atoms with Crippen LogP contribution in [0.15, 0.2) is 47.4 Å². The molecule has 0 aliphatic carbocycles. The molecule has 1 N–H and O–H groups in total. The molecule has 0 fully saturated rings. The lowest BCUT2D eigenvalue weighted by Gasteiger charge is -2.11. The number of amides is 1. The van der Waals surface area contributed by atoms with Gasteiger partial charge in [-0.2, -0.15) is 0 Å². The maximum absolute atomic E-state index is 13.0. The summed E-state index contributed by atoms with van der Waals surface area (Å²) in [6.07, 6.45) is 0.668. The van der Waals surface area contributed by atoms with Crippen LogP contribution >= 0.6 is 0 Å². The van der Waals surface area contributed by atoms with Crippen LogP contribution in [0.1, 0.15) is 24.7 Å². The van der Waals surface area contributed by atoms with E-state index in [4.69, 9.17) is 0 Å². The van der Waals surface area contributed by atoms with Gasteiger partial charge < -0.3 is 9.88 Å². The van der Waals surface area contributed by atoms with Crippen molar-refractivity contribution >= 4 is 27.0 Å². The van der Waals surface area contributed by atoms with E-state index < -0.39 is 10.0 Å². The number of carbonyl (C=O) groups is 1. The van der Waals surface area contributed by atoms with Gasteiger partial charge in [0.1, 0.15) is 11.6 Å². The van der Waals surface area contributed by atoms with E-state index in [1.807, 2.05) is 11.5 Å². The fourth-order valence-corrected chi connectivity index (χ4v) is 4.11. The summed E-state index contributed by atoms with van der Waals surface area (Å²) in [5.41, 5.74) is 2.23. The predicted octanol–water partition coefficient (Wildman–Crippen LogP) is 2.69. The number of imidazole rings is 1. The molecule has 0 radical (unpaired) electrons. The van der Waals surface area contributed by atoms with Crippen LogP contribution in [0.2, 0.25) is 0 Å². The van der Waals surface area contributed by atoms with Crippen molar-refractivity contribution in [1.29, 1.82) is 0 Å². The molecular formula is C21H25FN4O3S. The highest BCUT2D eigenvalue weighted by Gasteiger charge is 2.19. The normalized spacial score (nSPS) is 11.9. The van der Waals surface area contributed by atoms with Crippen molar-refractivity contribution in [3.05, 3.63) is 59.7 Å². The molecule has 1 heterocycles. The summed E-state index contributed by atoms with van der Waals surface area (Å²) in [7, 11) is -0.572. The molecule has 1 amide bonds. The average molecular weight is 433 g/mol. The molecule has 0 bridgehead atoms. The molecule has 3 rings (SSSR count). The van der Waals surface area contributed by atoms with Gasteiger partial charge in [-0.3, -0.25) is 4.79 Å². The Morgan fingerprint density at radius 2 is 1.87 bits per heavy atom. The molecule has 0 aliphatic rings. The molecule has 0 aliphatic heterocycles. The number of hydrogen-bond donors (Lipinski definition) is 1. The van der Waals surface area contributed by atoms with Crippen molar-refractivity contribution in [1.82, 2.24) is 19.2 Å². The van der Waals surface area contributed by atoms with Crippen molar-refractivity contribution in [3.8, 4) is 0 Å². The fraction of sp³-hybridized carbons (Fsp3) is 0.333. The van der Waals surface area contributed by atoms with Gasteiger partial charge in [0, 0.05) is 40.0 Å². The smallest absolute Gasteiger partial charge is 0.242 e. The summed E-state index contributed by atoms with van der Waals surface area (Å²) in [4.78, 5) is 17.0. The van der Waals surface area contributed by atoms with E-state index in [0.717, 1.165) is 21.2 Å². The molecule has 3 aromatic rings. The Bertz CT molecular complexity index is 1150. The number of benzene rings is 2. The third-order valence-corrected chi connectivity index (χ3v) is 6.68. The summed E-state index contributed by atoms with van der Waals surface area (Å²) in [5.74, 6) is 0.277. The van der Waals surface area contributed by atoms with Crippen LogP contribution in [-0.2, 0) is 34.3 Å². The fourth-order valence-electron chi connectivity index (χ4n) is 3.19. The van der Waals surface area contributed by atoms with Crippen LogP contribution in [-0.4, -0.2) is 42.3 Å². The molecule has 0 saturated heterocycles. The highest BCUT2D eigenvalue weighted by atomic mass is 32.2. The third-order valence-electron chi connectivity index (χ3n) is 4.87. The zero-order chi connectivity index (χ0) is 21.9. The quantitative estimate of drug-likeness (QED) is 0.593. The van der Waals surface area contributed by atoms with Crippen LogP contribution < -0.4 is 5.32 Å². The SMILES string of the molecule is CCn1c(CCC(=O)NCc2ccc(F)cc2)nc2cc(S(=O)(=O)N(C)C)ccc21. The lowest BCUT2D eigenvalue weighted by molar-refractivity contribution is -0.121. The van der Waals surface area contributed by atoms with Crippen molar-refractivity contribution in [3.63, 3.8) is 0 Å². The zero-order valence-electron chi connectivity index (χ0n) is 17.2. The van der Waals surface area contributed by atoms with Crippen molar-refractivity contribution in [2.45, 2.75) is 37.8 Å². The van der Waals surface area contributed by atoms with Crippen LogP contribution in [0.4, 0.5) is 4.39 Å². The molecule has 0 atom stereocenters. The summed E-state index contributed by atoms with van der Waals surface area (Å²) in [6.45, 7) is 2.96. The van der Waals surface area contributed by atoms with E-state index in [-0.39, 0.29) is 23.0 Å². The molecule has 0 saturated carbocycles. The highest BCUT2D eigenvalue weighted by Crippen LogP contribution is 2.22. The minimum absolute atomic E-state index is 0.134. The van der Waals surface area contributed by atoms with Gasteiger partial charge in [0.2, 0.25) is 15.9 Å². The maximum atomic E-state index is 13.0. The molecule has 160 valence electrons. The first-order valence-electron chi connectivity index (χ1n) is 9.65. The largest absolute Gasteiger partial charge is 0.352 e. The van der Waals surface area contributed by atoms with Gasteiger partial charge >= 0.3 is 0 Å². The number of fused-ring (bicyclic) bond motifs is 1. The number of nitrogens with zero attached hydrogens (tertiary/aromatic N) is 3. The number of halogens is 1. The summed E-state index contributed by atoms with van der Waals surface area (Å²) < 4.78 is 40.8. The first kappa shape index (κ1) is 21.9. The minimum atomic E-state index is -3.54. The van der Waals surface area contributed by atoms with E-state index in [1.165, 1.54) is 26.2 Å². The first-order valence-corrected chi connectivity index (χ1v) is 11.1. The van der Waals surface area contributed by atoms with E-state index in [1.54, 1.807) is 30.3 Å². The van der Waals surface area contributed by atoms with Crippen molar-refractivity contribution in [2.75, 3.05) is 14.1 Å². The lowest BCUT2D eigenvalue weighted by atomic mass is 10.2. The Morgan fingerprint density at radius 3 is 2.50 bits per heavy atom. The van der Waals surface area contributed by atoms with Gasteiger partial charge in [0.25, 0.3) is 0 Å². The maximum Gasteiger partial charge on any atom is 0.242 e. The Hall–Kier alpha value is -2.78. The van der Waals surface area contributed by atoms with Crippen molar-refractivity contribution in [2.24, 2.45) is 0 Å². The number of sulfonamides is 1. The second-order valence-electron chi connectivity index (χ2n) is 7.11. The van der Waals surface area contributed by atoms with Gasteiger partial charge in [-0.15, -0.1) is 0 Å². The monoisotopic (exact) mass is 432 g/mol. The van der Waals surface area contributed by atoms with Gasteiger partial charge in [0.15, 0.2) is 0 Å². The first-order chi connectivity index (χ1) is 14.2. The standard InChI is InChI=1S/C21H25FN4O3S/c1-4-26-19-10-9-17(30(28,29)25(2)3)13-18(19)24-20(26)11-12-21(27)23-14-15-5-7-16(22)8-6-15/h5-10,13H,4,11-12,14H2,1-3H3,(H,23,27). The summed E-state index contributed by atoms with van der Waals surface area (Å²) in [5, 5.41) is 2.82. The molecule has 1 aromatic heterocycles. The molecule has 0 unspecified atom stereocenters. The number of hydrogen-bond acceptors (Lipinski definition) is 4. The van der Waals surface area contributed by atoms with Gasteiger partial charge in [0.05, 0.1) is 15.9 Å². The molecular weight excluding hydrogens is 407 g/mol. The van der Waals surface area contributed by atoms with Gasteiger partial charge in [-0.1, -0.05) is 12.1 Å². The van der Waals surface area contributed by atoms with Gasteiger partial charge in [-0.25, -0.2) is 22.1 Å². The lowest BCUT2D eigenvalue weighted by Crippen LogP contribution is -2.23. The number of rotatable bonds is 8. The van der Waals surface area contributed by atoms with E-state index in [2.05, 4.69) is 10.3 Å². The Labute approximate surface area is 175 Å². The topological polar surface area (TPSA) is 84.3 Å². The van der Waals surface area contributed by atoms with E-state index >= 15 is 0 Å². The van der Waals surface area contributed by atoms with Crippen LogP contribution in [0.5, 0.6) is 0 Å². The molecule has 9 heteroatoms. The highest BCUT2D eigenvalue weighted by molar-refractivity contribution is 7.89. The molecule has 30 heavy (non-hydrogen) atoms. The van der Waals surface area contributed by atoms with Gasteiger partial charge in [-0.05, 0) is 42.8 Å². The van der Waals surface area contributed by atoms with E-state index in [9.17, 15) is 17.6 Å². The minimum Gasteiger partial charge on any atom is -0.352 e. The number of nitrogens with one attached hydrogen (secondary N) is 1. The predicted molar refractivity (Wildman–Crippen MR) is 113 cm³/mol. The summed E-state index contributed by atoms with van der Waals surface area (Å²) in [6, 6.07) is 10.9.